The van der Waals surface area contributed by atoms with Crippen LogP contribution in [0.3, 0.4) is 0 Å². The van der Waals surface area contributed by atoms with Crippen LogP contribution in [0.1, 0.15) is 5.56 Å². The third kappa shape index (κ3) is 4.60. The molecule has 0 fully saturated rings. The Labute approximate surface area is 288 Å². The van der Waals surface area contributed by atoms with Crippen molar-refractivity contribution in [1.82, 2.24) is 15.0 Å². The Hall–Kier alpha value is -6.85. The van der Waals surface area contributed by atoms with E-state index in [1.165, 1.54) is 16.3 Å². The summed E-state index contributed by atoms with van der Waals surface area (Å²) in [6.07, 6.45) is 4.33. The molecule has 1 aliphatic heterocycles. The second-order valence-corrected chi connectivity index (χ2v) is 12.5. The van der Waals surface area contributed by atoms with Gasteiger partial charge in [0.2, 0.25) is 0 Å². The highest BCUT2D eigenvalue weighted by molar-refractivity contribution is 6.23. The fourth-order valence-electron chi connectivity index (χ4n) is 7.14. The summed E-state index contributed by atoms with van der Waals surface area (Å²) in [4.78, 5) is 17.1. The molecule has 9 aromatic rings. The summed E-state index contributed by atoms with van der Waals surface area (Å²) in [5.41, 5.74) is 9.98. The van der Waals surface area contributed by atoms with Crippen LogP contribution in [0.5, 0.6) is 0 Å². The van der Waals surface area contributed by atoms with Crippen LogP contribution < -0.4 is 4.90 Å². The van der Waals surface area contributed by atoms with E-state index in [9.17, 15) is 0 Å². The molecule has 50 heavy (non-hydrogen) atoms. The molecule has 0 radical (unpaired) electrons. The lowest BCUT2D eigenvalue weighted by Crippen LogP contribution is -2.12. The molecule has 3 heterocycles. The number of aromatic nitrogens is 3. The largest absolute Gasteiger partial charge is 0.454 e. The van der Waals surface area contributed by atoms with E-state index in [1.54, 1.807) is 0 Å². The van der Waals surface area contributed by atoms with E-state index in [4.69, 9.17) is 19.4 Å². The van der Waals surface area contributed by atoms with Gasteiger partial charge in [0.05, 0.1) is 5.69 Å². The maximum absolute atomic E-state index is 6.82. The summed E-state index contributed by atoms with van der Waals surface area (Å²) in [5.74, 6) is 1.90. The van der Waals surface area contributed by atoms with Crippen LogP contribution in [0, 0.1) is 0 Å². The van der Waals surface area contributed by atoms with Crippen molar-refractivity contribution in [2.24, 2.45) is 0 Å². The van der Waals surface area contributed by atoms with Crippen molar-refractivity contribution < 1.29 is 4.42 Å². The molecule has 0 N–H and O–H groups in total. The van der Waals surface area contributed by atoms with Crippen LogP contribution in [0.25, 0.3) is 84.1 Å². The van der Waals surface area contributed by atoms with Gasteiger partial charge in [0.1, 0.15) is 5.58 Å². The molecule has 0 bridgehead atoms. The van der Waals surface area contributed by atoms with Gasteiger partial charge in [0, 0.05) is 44.7 Å². The van der Waals surface area contributed by atoms with E-state index in [0.29, 0.717) is 17.5 Å². The quantitative estimate of drug-likeness (QED) is 0.187. The van der Waals surface area contributed by atoms with Crippen LogP contribution in [0.4, 0.5) is 11.4 Å². The van der Waals surface area contributed by atoms with Crippen LogP contribution in [-0.2, 0) is 0 Å². The Kier molecular flexibility index (Phi) is 6.42. The molecule has 0 aliphatic carbocycles. The monoisotopic (exact) mass is 640 g/mol. The molecule has 0 amide bonds. The number of para-hydroxylation sites is 1. The molecular formula is C45H28N4O. The first-order valence-electron chi connectivity index (χ1n) is 16.7. The van der Waals surface area contributed by atoms with Crippen LogP contribution in [-0.4, -0.2) is 15.0 Å². The summed E-state index contributed by atoms with van der Waals surface area (Å²) in [6.45, 7) is 0. The fraction of sp³-hybridized carbons (Fsp3) is 0. The molecule has 2 aromatic heterocycles. The van der Waals surface area contributed by atoms with E-state index in [0.717, 1.165) is 61.1 Å². The number of nitrogens with zero attached hydrogens (tertiary/aromatic N) is 4. The second kappa shape index (κ2) is 11.4. The highest BCUT2D eigenvalue weighted by Gasteiger charge is 2.25. The Balaban J connectivity index is 1.17. The van der Waals surface area contributed by atoms with Crippen molar-refractivity contribution in [3.05, 3.63) is 169 Å². The number of fused-ring (bicyclic) bond motifs is 4. The highest BCUT2D eigenvalue weighted by Crippen LogP contribution is 2.48. The predicted molar refractivity (Wildman–Crippen MR) is 204 cm³/mol. The first kappa shape index (κ1) is 28.2. The van der Waals surface area contributed by atoms with Crippen molar-refractivity contribution in [3.8, 4) is 45.3 Å². The number of furan rings is 1. The number of hydrogen-bond donors (Lipinski definition) is 0. The maximum atomic E-state index is 6.82. The van der Waals surface area contributed by atoms with E-state index >= 15 is 0 Å². The normalized spacial score (nSPS) is 12.3. The summed E-state index contributed by atoms with van der Waals surface area (Å²) < 4.78 is 6.82. The number of hydrogen-bond acceptors (Lipinski definition) is 5. The maximum Gasteiger partial charge on any atom is 0.164 e. The SMILES string of the molecule is C1=CN(c2ccccc2)c2c3oc4cccc(-c5cccc(-c6nc(-c7ccccc7)nc(-c7ccccc7)n6)c5)c4c3cc3cccc1c23. The number of benzene rings is 7. The zero-order valence-corrected chi connectivity index (χ0v) is 26.9. The Morgan fingerprint density at radius 2 is 1.08 bits per heavy atom. The minimum atomic E-state index is 0.622. The van der Waals surface area contributed by atoms with Gasteiger partial charge in [-0.15, -0.1) is 0 Å². The molecule has 1 aliphatic rings. The minimum absolute atomic E-state index is 0.622. The first-order valence-corrected chi connectivity index (χ1v) is 16.7. The van der Waals surface area contributed by atoms with Gasteiger partial charge in [-0.05, 0) is 58.5 Å². The first-order chi connectivity index (χ1) is 24.8. The van der Waals surface area contributed by atoms with E-state index in [-0.39, 0.29) is 0 Å². The molecular weight excluding hydrogens is 613 g/mol. The van der Waals surface area contributed by atoms with Crippen molar-refractivity contribution in [2.45, 2.75) is 0 Å². The van der Waals surface area contributed by atoms with E-state index < -0.39 is 0 Å². The van der Waals surface area contributed by atoms with Gasteiger partial charge in [-0.25, -0.2) is 15.0 Å². The van der Waals surface area contributed by atoms with Crippen molar-refractivity contribution in [2.75, 3.05) is 4.90 Å². The minimum Gasteiger partial charge on any atom is -0.454 e. The summed E-state index contributed by atoms with van der Waals surface area (Å²) in [5, 5.41) is 4.52. The van der Waals surface area contributed by atoms with Crippen LogP contribution in [0.15, 0.2) is 168 Å². The molecule has 0 saturated carbocycles. The van der Waals surface area contributed by atoms with Gasteiger partial charge >= 0.3 is 0 Å². The molecule has 0 unspecified atom stereocenters. The molecule has 0 atom stereocenters. The lowest BCUT2D eigenvalue weighted by molar-refractivity contribution is 0.669. The summed E-state index contributed by atoms with van der Waals surface area (Å²) >= 11 is 0. The lowest BCUT2D eigenvalue weighted by atomic mass is 9.94. The van der Waals surface area contributed by atoms with Gasteiger partial charge in [0.25, 0.3) is 0 Å². The third-order valence-electron chi connectivity index (χ3n) is 9.44. The van der Waals surface area contributed by atoms with Gasteiger partial charge in [-0.2, -0.15) is 0 Å². The molecule has 5 nitrogen and oxygen atoms in total. The smallest absolute Gasteiger partial charge is 0.164 e. The standard InChI is InChI=1S/C45H28N4O/c1-4-13-30(14-5-1)43-46-44(31-15-6-2-7-16-31)48-45(47-43)34-20-11-18-32(27-34)36-23-12-24-38-40(36)37-28-33-19-10-17-29-25-26-49(35-21-8-3-9-22-35)41(39(29)33)42(37)50-38/h1-28H. The number of rotatable bonds is 5. The number of anilines is 2. The fourth-order valence-corrected chi connectivity index (χ4v) is 7.14. The average Bonchev–Trinajstić information content (AvgIpc) is 3.58. The molecule has 5 heteroatoms. The van der Waals surface area contributed by atoms with Crippen molar-refractivity contribution >= 4 is 50.2 Å². The summed E-state index contributed by atoms with van der Waals surface area (Å²) in [6, 6.07) is 54.2. The lowest BCUT2D eigenvalue weighted by Gasteiger charge is -2.26. The Morgan fingerprint density at radius 3 is 1.80 bits per heavy atom. The van der Waals surface area contributed by atoms with E-state index in [1.807, 2.05) is 66.7 Å². The van der Waals surface area contributed by atoms with Gasteiger partial charge in [-0.3, -0.25) is 0 Å². The van der Waals surface area contributed by atoms with Crippen LogP contribution >= 0.6 is 0 Å². The van der Waals surface area contributed by atoms with Crippen molar-refractivity contribution in [1.29, 1.82) is 0 Å². The van der Waals surface area contributed by atoms with Crippen LogP contribution in [0.2, 0.25) is 0 Å². The Morgan fingerprint density at radius 1 is 0.480 bits per heavy atom. The van der Waals surface area contributed by atoms with Gasteiger partial charge < -0.3 is 9.32 Å². The van der Waals surface area contributed by atoms with Gasteiger partial charge in [-0.1, -0.05) is 127 Å². The molecule has 0 spiro atoms. The second-order valence-electron chi connectivity index (χ2n) is 12.5. The van der Waals surface area contributed by atoms with E-state index in [2.05, 4.69) is 108 Å². The highest BCUT2D eigenvalue weighted by atomic mass is 16.3. The average molecular weight is 641 g/mol. The third-order valence-corrected chi connectivity index (χ3v) is 9.44. The topological polar surface area (TPSA) is 55.1 Å². The Bertz CT molecular complexity index is 2700. The molecule has 10 rings (SSSR count). The van der Waals surface area contributed by atoms with Gasteiger partial charge in [0.15, 0.2) is 23.1 Å². The predicted octanol–water partition coefficient (Wildman–Crippen LogP) is 11.7. The zero-order valence-electron chi connectivity index (χ0n) is 26.9. The van der Waals surface area contributed by atoms with Crippen molar-refractivity contribution in [3.63, 3.8) is 0 Å². The molecule has 234 valence electrons. The summed E-state index contributed by atoms with van der Waals surface area (Å²) in [7, 11) is 0. The molecule has 7 aromatic carbocycles. The zero-order chi connectivity index (χ0) is 33.0. The molecule has 0 saturated heterocycles.